The van der Waals surface area contributed by atoms with Crippen molar-refractivity contribution in [3.63, 3.8) is 0 Å². The first-order valence-corrected chi connectivity index (χ1v) is 12.7. The lowest BCUT2D eigenvalue weighted by atomic mass is 9.98. The van der Waals surface area contributed by atoms with Crippen LogP contribution in [0.3, 0.4) is 0 Å². The Kier molecular flexibility index (Phi) is 6.77. The van der Waals surface area contributed by atoms with Crippen LogP contribution in [-0.2, 0) is 16.8 Å². The first-order valence-electron chi connectivity index (χ1n) is 12.7. The van der Waals surface area contributed by atoms with Crippen LogP contribution in [0.2, 0.25) is 0 Å². The third kappa shape index (κ3) is 4.85. The Hall–Kier alpha value is -3.30. The summed E-state index contributed by atoms with van der Waals surface area (Å²) in [5.41, 5.74) is 2.01. The molecule has 2 atom stereocenters. The highest BCUT2D eigenvalue weighted by atomic mass is 16.5. The lowest BCUT2D eigenvalue weighted by molar-refractivity contribution is 0.0534. The number of furan rings is 1. The highest BCUT2D eigenvalue weighted by Gasteiger charge is 2.36. The summed E-state index contributed by atoms with van der Waals surface area (Å²) >= 11 is 0. The lowest BCUT2D eigenvalue weighted by Gasteiger charge is -2.34. The van der Waals surface area contributed by atoms with Gasteiger partial charge in [-0.25, -0.2) is 4.68 Å². The number of pyridine rings is 1. The van der Waals surface area contributed by atoms with Gasteiger partial charge in [0.25, 0.3) is 5.56 Å². The molecule has 9 heteroatoms. The molecule has 1 aliphatic rings. The molecular formula is C27H34N6O3. The van der Waals surface area contributed by atoms with Gasteiger partial charge < -0.3 is 14.1 Å². The third-order valence-corrected chi connectivity index (χ3v) is 7.27. The van der Waals surface area contributed by atoms with Gasteiger partial charge in [-0.15, -0.1) is 5.10 Å². The molecule has 9 nitrogen and oxygen atoms in total. The smallest absolute Gasteiger partial charge is 0.253 e. The van der Waals surface area contributed by atoms with E-state index in [1.165, 1.54) is 0 Å². The molecule has 4 heterocycles. The standard InChI is InChI=1S/C27H34N6O3/c1-5-27(3,4)33-25(29-30-31-33)24(22-15-19-11-10-18(2)14-23(19)28-26(22)34)32(16-20-8-6-12-35-20)17-21-9-7-13-36-21/h6,8,10-12,14-15,21,24H,5,7,9,13,16-17H2,1-4H3,(H,28,34)/t21-,24+/m1/s1. The molecule has 1 fully saturated rings. The van der Waals surface area contributed by atoms with Crippen LogP contribution in [0.15, 0.2) is 51.9 Å². The summed E-state index contributed by atoms with van der Waals surface area (Å²) in [7, 11) is 0. The minimum Gasteiger partial charge on any atom is -0.468 e. The topological polar surface area (TPSA) is 102 Å². The SMILES string of the molecule is CCC(C)(C)n1nnnc1[C@H](c1cc2ccc(C)cc2[nH]c1=O)N(Cc1ccco1)C[C@H]1CCCO1. The van der Waals surface area contributed by atoms with Gasteiger partial charge in [-0.1, -0.05) is 19.1 Å². The van der Waals surface area contributed by atoms with Crippen molar-refractivity contribution in [1.29, 1.82) is 0 Å². The van der Waals surface area contributed by atoms with Crippen molar-refractivity contribution >= 4 is 10.9 Å². The van der Waals surface area contributed by atoms with Crippen LogP contribution < -0.4 is 5.56 Å². The van der Waals surface area contributed by atoms with Gasteiger partial charge in [0.05, 0.1) is 24.5 Å². The Morgan fingerprint density at radius 1 is 1.28 bits per heavy atom. The highest BCUT2D eigenvalue weighted by Crippen LogP contribution is 2.33. The van der Waals surface area contributed by atoms with Crippen LogP contribution in [0.25, 0.3) is 10.9 Å². The van der Waals surface area contributed by atoms with Crippen LogP contribution in [0.5, 0.6) is 0 Å². The summed E-state index contributed by atoms with van der Waals surface area (Å²) in [4.78, 5) is 19.0. The molecule has 0 spiro atoms. The summed E-state index contributed by atoms with van der Waals surface area (Å²) in [5, 5.41) is 13.9. The van der Waals surface area contributed by atoms with Gasteiger partial charge in [-0.05, 0) is 85.7 Å². The van der Waals surface area contributed by atoms with E-state index in [-0.39, 0.29) is 17.2 Å². The van der Waals surface area contributed by atoms with E-state index in [1.807, 2.05) is 41.9 Å². The van der Waals surface area contributed by atoms with Gasteiger partial charge in [0.1, 0.15) is 11.8 Å². The van der Waals surface area contributed by atoms with Crippen molar-refractivity contribution in [2.75, 3.05) is 13.2 Å². The monoisotopic (exact) mass is 490 g/mol. The van der Waals surface area contributed by atoms with Gasteiger partial charge in [-0.2, -0.15) is 0 Å². The molecule has 190 valence electrons. The number of fused-ring (bicyclic) bond motifs is 1. The number of aryl methyl sites for hydroxylation is 1. The fourth-order valence-electron chi connectivity index (χ4n) is 4.89. The van der Waals surface area contributed by atoms with Crippen molar-refractivity contribution in [2.24, 2.45) is 0 Å². The lowest BCUT2D eigenvalue weighted by Crippen LogP contribution is -2.41. The number of hydrogen-bond acceptors (Lipinski definition) is 7. The molecule has 0 unspecified atom stereocenters. The molecule has 4 aromatic rings. The fourth-order valence-corrected chi connectivity index (χ4v) is 4.89. The van der Waals surface area contributed by atoms with Gasteiger partial charge in [0.2, 0.25) is 0 Å². The van der Waals surface area contributed by atoms with Crippen LogP contribution >= 0.6 is 0 Å². The Labute approximate surface area is 210 Å². The summed E-state index contributed by atoms with van der Waals surface area (Å²) in [6.45, 7) is 10.2. The molecule has 0 saturated carbocycles. The zero-order valence-corrected chi connectivity index (χ0v) is 21.4. The third-order valence-electron chi connectivity index (χ3n) is 7.27. The number of nitrogens with one attached hydrogen (secondary N) is 1. The van der Waals surface area contributed by atoms with Crippen LogP contribution in [0.1, 0.15) is 68.8 Å². The van der Waals surface area contributed by atoms with Crippen LogP contribution in [0, 0.1) is 6.92 Å². The van der Waals surface area contributed by atoms with Crippen molar-refractivity contribution < 1.29 is 9.15 Å². The molecule has 1 aromatic carbocycles. The largest absolute Gasteiger partial charge is 0.468 e. The number of rotatable bonds is 9. The quantitative estimate of drug-likeness (QED) is 0.372. The number of benzene rings is 1. The number of nitrogens with zero attached hydrogens (tertiary/aromatic N) is 5. The highest BCUT2D eigenvalue weighted by molar-refractivity contribution is 5.79. The molecule has 1 saturated heterocycles. The summed E-state index contributed by atoms with van der Waals surface area (Å²) in [5.74, 6) is 1.43. The second kappa shape index (κ2) is 9.99. The van der Waals surface area contributed by atoms with E-state index in [9.17, 15) is 4.79 Å². The minimum absolute atomic E-state index is 0.0631. The van der Waals surface area contributed by atoms with E-state index >= 15 is 0 Å². The van der Waals surface area contributed by atoms with E-state index in [2.05, 4.69) is 52.2 Å². The second-order valence-electron chi connectivity index (χ2n) is 10.3. The van der Waals surface area contributed by atoms with E-state index in [1.54, 1.807) is 6.26 Å². The van der Waals surface area contributed by atoms with Crippen molar-refractivity contribution in [1.82, 2.24) is 30.1 Å². The number of aromatic amines is 1. The molecule has 36 heavy (non-hydrogen) atoms. The van der Waals surface area contributed by atoms with E-state index in [0.29, 0.717) is 24.5 Å². The fraction of sp³-hybridized carbons (Fsp3) is 0.481. The molecule has 0 radical (unpaired) electrons. The predicted molar refractivity (Wildman–Crippen MR) is 137 cm³/mol. The number of aromatic nitrogens is 5. The van der Waals surface area contributed by atoms with Gasteiger partial charge in [0.15, 0.2) is 5.82 Å². The average Bonchev–Trinajstić information content (AvgIpc) is 3.63. The molecule has 1 N–H and O–H groups in total. The number of hydrogen-bond donors (Lipinski definition) is 1. The van der Waals surface area contributed by atoms with Gasteiger partial charge in [-0.3, -0.25) is 9.69 Å². The summed E-state index contributed by atoms with van der Waals surface area (Å²) in [6, 6.07) is 11.4. The first kappa shape index (κ1) is 24.4. The number of ether oxygens (including phenoxy) is 1. The van der Waals surface area contributed by atoms with E-state index < -0.39 is 6.04 Å². The van der Waals surface area contributed by atoms with Crippen molar-refractivity contribution in [2.45, 2.75) is 71.2 Å². The zero-order chi connectivity index (χ0) is 25.3. The Morgan fingerprint density at radius 2 is 2.14 bits per heavy atom. The zero-order valence-electron chi connectivity index (χ0n) is 21.4. The first-order chi connectivity index (χ1) is 17.4. The van der Waals surface area contributed by atoms with Crippen molar-refractivity contribution in [3.05, 3.63) is 75.7 Å². The minimum atomic E-state index is -0.505. The van der Waals surface area contributed by atoms with Gasteiger partial charge >= 0.3 is 0 Å². The van der Waals surface area contributed by atoms with Crippen LogP contribution in [-0.4, -0.2) is 49.3 Å². The number of H-pyrrole nitrogens is 1. The molecule has 0 bridgehead atoms. The van der Waals surface area contributed by atoms with E-state index in [0.717, 1.165) is 48.1 Å². The maximum atomic E-state index is 13.6. The normalized spacial score (nSPS) is 17.3. The maximum Gasteiger partial charge on any atom is 0.253 e. The predicted octanol–water partition coefficient (Wildman–Crippen LogP) is 4.33. The second-order valence-corrected chi connectivity index (χ2v) is 10.3. The molecule has 5 rings (SSSR count). The maximum absolute atomic E-state index is 13.6. The average molecular weight is 491 g/mol. The Bertz CT molecular complexity index is 1370. The molecule has 0 amide bonds. The number of tetrazole rings is 1. The summed E-state index contributed by atoms with van der Waals surface area (Å²) in [6.07, 6.45) is 4.56. The molecule has 0 aliphatic carbocycles. The Morgan fingerprint density at radius 3 is 2.86 bits per heavy atom. The van der Waals surface area contributed by atoms with Crippen molar-refractivity contribution in [3.8, 4) is 0 Å². The molecule has 3 aromatic heterocycles. The molecular weight excluding hydrogens is 456 g/mol. The Balaban J connectivity index is 1.69. The summed E-state index contributed by atoms with van der Waals surface area (Å²) < 4.78 is 13.6. The van der Waals surface area contributed by atoms with Gasteiger partial charge in [0, 0.05) is 24.2 Å². The van der Waals surface area contributed by atoms with Crippen LogP contribution in [0.4, 0.5) is 0 Å². The van der Waals surface area contributed by atoms with E-state index in [4.69, 9.17) is 9.15 Å². The molecule has 1 aliphatic heterocycles.